The van der Waals surface area contributed by atoms with Crippen LogP contribution in [0, 0.1) is 0 Å². The molecule has 0 bridgehead atoms. The van der Waals surface area contributed by atoms with Gasteiger partial charge < -0.3 is 10.3 Å². The highest BCUT2D eigenvalue weighted by Crippen LogP contribution is 2.06. The second kappa shape index (κ2) is 6.87. The standard InChI is InChI=1S/C18H17N3O2/c22-17(19-12-13-6-2-1-3-7-13)11-10-16-20-15-9-5-4-8-14(15)18(23)21-16/h1-9H,10-12H2,(H,19,22)(H,20,21,23). The van der Waals surface area contributed by atoms with Crippen LogP contribution in [0.4, 0.5) is 0 Å². The van der Waals surface area contributed by atoms with Gasteiger partial charge in [-0.05, 0) is 17.7 Å². The zero-order valence-corrected chi connectivity index (χ0v) is 12.6. The minimum atomic E-state index is -0.171. The molecule has 2 N–H and O–H groups in total. The Labute approximate surface area is 133 Å². The first-order valence-electron chi connectivity index (χ1n) is 7.51. The van der Waals surface area contributed by atoms with Crippen molar-refractivity contribution in [1.29, 1.82) is 0 Å². The highest BCUT2D eigenvalue weighted by Gasteiger charge is 2.06. The van der Waals surface area contributed by atoms with Crippen LogP contribution in [0.1, 0.15) is 17.8 Å². The van der Waals surface area contributed by atoms with Crippen molar-refractivity contribution in [1.82, 2.24) is 15.3 Å². The van der Waals surface area contributed by atoms with Gasteiger partial charge in [-0.2, -0.15) is 0 Å². The number of hydrogen-bond donors (Lipinski definition) is 2. The van der Waals surface area contributed by atoms with Gasteiger partial charge in [0.05, 0.1) is 10.9 Å². The molecule has 0 saturated carbocycles. The van der Waals surface area contributed by atoms with Gasteiger partial charge in [0.25, 0.3) is 5.56 Å². The van der Waals surface area contributed by atoms with Crippen molar-refractivity contribution in [2.24, 2.45) is 0 Å². The summed E-state index contributed by atoms with van der Waals surface area (Å²) < 4.78 is 0. The number of hydrogen-bond acceptors (Lipinski definition) is 3. The maximum atomic E-state index is 12.0. The van der Waals surface area contributed by atoms with Gasteiger partial charge in [-0.15, -0.1) is 0 Å². The lowest BCUT2D eigenvalue weighted by Gasteiger charge is -2.06. The van der Waals surface area contributed by atoms with E-state index in [0.29, 0.717) is 29.7 Å². The largest absolute Gasteiger partial charge is 0.352 e. The van der Waals surface area contributed by atoms with Crippen LogP contribution >= 0.6 is 0 Å². The lowest BCUT2D eigenvalue weighted by Crippen LogP contribution is -2.23. The van der Waals surface area contributed by atoms with Gasteiger partial charge in [0.15, 0.2) is 0 Å². The topological polar surface area (TPSA) is 74.8 Å². The minimum Gasteiger partial charge on any atom is -0.352 e. The molecule has 116 valence electrons. The normalized spacial score (nSPS) is 10.6. The molecule has 0 unspecified atom stereocenters. The van der Waals surface area contributed by atoms with Gasteiger partial charge in [0.2, 0.25) is 5.91 Å². The molecule has 0 radical (unpaired) electrons. The molecule has 0 atom stereocenters. The summed E-state index contributed by atoms with van der Waals surface area (Å²) >= 11 is 0. The molecule has 0 aliphatic rings. The minimum absolute atomic E-state index is 0.0651. The highest BCUT2D eigenvalue weighted by atomic mass is 16.1. The van der Waals surface area contributed by atoms with Crippen LogP contribution in [-0.4, -0.2) is 15.9 Å². The summed E-state index contributed by atoms with van der Waals surface area (Å²) in [5.74, 6) is 0.466. The molecule has 23 heavy (non-hydrogen) atoms. The molecular formula is C18H17N3O2. The summed E-state index contributed by atoms with van der Waals surface area (Å²) in [6, 6.07) is 16.9. The fourth-order valence-electron chi connectivity index (χ4n) is 2.37. The molecule has 0 spiro atoms. The summed E-state index contributed by atoms with van der Waals surface area (Å²) in [6.45, 7) is 0.501. The van der Waals surface area contributed by atoms with Crippen molar-refractivity contribution < 1.29 is 4.79 Å². The number of aromatic nitrogens is 2. The van der Waals surface area contributed by atoms with Gasteiger partial charge in [0.1, 0.15) is 5.82 Å². The van der Waals surface area contributed by atoms with E-state index < -0.39 is 0 Å². The average Bonchev–Trinajstić information content (AvgIpc) is 2.59. The smallest absolute Gasteiger partial charge is 0.258 e. The maximum absolute atomic E-state index is 12.0. The Hall–Kier alpha value is -2.95. The predicted molar refractivity (Wildman–Crippen MR) is 89.0 cm³/mol. The van der Waals surface area contributed by atoms with Crippen molar-refractivity contribution in [3.8, 4) is 0 Å². The van der Waals surface area contributed by atoms with Crippen molar-refractivity contribution >= 4 is 16.8 Å². The van der Waals surface area contributed by atoms with E-state index in [4.69, 9.17) is 0 Å². The molecule has 3 rings (SSSR count). The Morgan fingerprint density at radius 2 is 1.78 bits per heavy atom. The number of benzene rings is 2. The molecule has 0 aliphatic heterocycles. The number of para-hydroxylation sites is 1. The number of rotatable bonds is 5. The number of carbonyl (C=O) groups is 1. The lowest BCUT2D eigenvalue weighted by atomic mass is 10.2. The van der Waals surface area contributed by atoms with Gasteiger partial charge in [-0.25, -0.2) is 4.98 Å². The summed E-state index contributed by atoms with van der Waals surface area (Å²) in [5, 5.41) is 3.42. The van der Waals surface area contributed by atoms with E-state index >= 15 is 0 Å². The highest BCUT2D eigenvalue weighted by molar-refractivity contribution is 5.78. The molecule has 1 amide bonds. The molecule has 5 nitrogen and oxygen atoms in total. The Morgan fingerprint density at radius 1 is 1.04 bits per heavy atom. The summed E-state index contributed by atoms with van der Waals surface area (Å²) in [5.41, 5.74) is 1.53. The molecule has 5 heteroatoms. The Bertz CT molecular complexity index is 872. The Kier molecular flexibility index (Phi) is 4.47. The van der Waals surface area contributed by atoms with Crippen LogP contribution in [-0.2, 0) is 17.8 Å². The van der Waals surface area contributed by atoms with Gasteiger partial charge in [-0.1, -0.05) is 42.5 Å². The van der Waals surface area contributed by atoms with E-state index in [1.54, 1.807) is 18.2 Å². The van der Waals surface area contributed by atoms with E-state index in [0.717, 1.165) is 5.56 Å². The van der Waals surface area contributed by atoms with E-state index in [9.17, 15) is 9.59 Å². The SMILES string of the molecule is O=C(CCc1nc2ccccc2c(=O)[nH]1)NCc1ccccc1. The first-order valence-corrected chi connectivity index (χ1v) is 7.51. The first kappa shape index (κ1) is 15.0. The molecule has 1 heterocycles. The van der Waals surface area contributed by atoms with E-state index in [-0.39, 0.29) is 17.9 Å². The number of nitrogens with zero attached hydrogens (tertiary/aromatic N) is 1. The van der Waals surface area contributed by atoms with Crippen LogP contribution in [0.15, 0.2) is 59.4 Å². The summed E-state index contributed by atoms with van der Waals surface area (Å²) in [6.07, 6.45) is 0.689. The zero-order valence-electron chi connectivity index (χ0n) is 12.6. The van der Waals surface area contributed by atoms with Crippen LogP contribution in [0.3, 0.4) is 0 Å². The fraction of sp³-hybridized carbons (Fsp3) is 0.167. The second-order valence-corrected chi connectivity index (χ2v) is 5.29. The molecular weight excluding hydrogens is 290 g/mol. The Morgan fingerprint density at radius 3 is 2.61 bits per heavy atom. The van der Waals surface area contributed by atoms with Crippen LogP contribution in [0.2, 0.25) is 0 Å². The molecule has 0 aliphatic carbocycles. The average molecular weight is 307 g/mol. The van der Waals surface area contributed by atoms with Crippen molar-refractivity contribution in [2.45, 2.75) is 19.4 Å². The molecule has 0 saturated heterocycles. The number of carbonyl (C=O) groups excluding carboxylic acids is 1. The molecule has 3 aromatic rings. The lowest BCUT2D eigenvalue weighted by molar-refractivity contribution is -0.121. The third kappa shape index (κ3) is 3.83. The van der Waals surface area contributed by atoms with Crippen molar-refractivity contribution in [2.75, 3.05) is 0 Å². The van der Waals surface area contributed by atoms with Crippen LogP contribution in [0.25, 0.3) is 10.9 Å². The first-order chi connectivity index (χ1) is 11.2. The predicted octanol–water partition coefficient (Wildman–Crippen LogP) is 2.17. The van der Waals surface area contributed by atoms with Crippen LogP contribution in [0.5, 0.6) is 0 Å². The Balaban J connectivity index is 1.60. The second-order valence-electron chi connectivity index (χ2n) is 5.29. The number of H-pyrrole nitrogens is 1. The monoisotopic (exact) mass is 307 g/mol. The quantitative estimate of drug-likeness (QED) is 0.758. The number of amides is 1. The van der Waals surface area contributed by atoms with Crippen molar-refractivity contribution in [3.05, 3.63) is 76.3 Å². The van der Waals surface area contributed by atoms with E-state index in [2.05, 4.69) is 15.3 Å². The molecule has 2 aromatic carbocycles. The number of aromatic amines is 1. The molecule has 0 fully saturated rings. The fourth-order valence-corrected chi connectivity index (χ4v) is 2.37. The summed E-state index contributed by atoms with van der Waals surface area (Å²) in [7, 11) is 0. The zero-order chi connectivity index (χ0) is 16.1. The molecule has 1 aromatic heterocycles. The van der Waals surface area contributed by atoms with Crippen molar-refractivity contribution in [3.63, 3.8) is 0 Å². The third-order valence-corrected chi connectivity index (χ3v) is 3.58. The number of fused-ring (bicyclic) bond motifs is 1. The number of nitrogens with one attached hydrogen (secondary N) is 2. The van der Waals surface area contributed by atoms with Gasteiger partial charge in [0, 0.05) is 19.4 Å². The third-order valence-electron chi connectivity index (χ3n) is 3.58. The van der Waals surface area contributed by atoms with E-state index in [1.807, 2.05) is 36.4 Å². The number of aryl methyl sites for hydroxylation is 1. The van der Waals surface area contributed by atoms with E-state index in [1.165, 1.54) is 0 Å². The van der Waals surface area contributed by atoms with Gasteiger partial charge in [-0.3, -0.25) is 9.59 Å². The van der Waals surface area contributed by atoms with Gasteiger partial charge >= 0.3 is 0 Å². The summed E-state index contributed by atoms with van der Waals surface area (Å²) in [4.78, 5) is 31.0. The maximum Gasteiger partial charge on any atom is 0.258 e. The van der Waals surface area contributed by atoms with Crippen LogP contribution < -0.4 is 10.9 Å².